The van der Waals surface area contributed by atoms with Crippen molar-refractivity contribution >= 4 is 38.4 Å². The Labute approximate surface area is 252 Å². The molecule has 43 heavy (non-hydrogen) atoms. The Morgan fingerprint density at radius 3 is 2.30 bits per heavy atom. The van der Waals surface area contributed by atoms with Crippen LogP contribution in [-0.2, 0) is 32.6 Å². The number of hydrogen-bond donors (Lipinski definition) is 2. The second kappa shape index (κ2) is 13.7. The maximum absolute atomic E-state index is 13.9. The first-order chi connectivity index (χ1) is 20.5. The summed E-state index contributed by atoms with van der Waals surface area (Å²) in [5.74, 6) is 0.525. The van der Waals surface area contributed by atoms with Crippen LogP contribution in [0.15, 0.2) is 77.8 Å². The van der Waals surface area contributed by atoms with Crippen molar-refractivity contribution in [2.45, 2.75) is 44.7 Å². The van der Waals surface area contributed by atoms with E-state index in [4.69, 9.17) is 9.47 Å². The number of benzene rings is 3. The summed E-state index contributed by atoms with van der Waals surface area (Å²) in [6, 6.07) is 18.9. The van der Waals surface area contributed by atoms with Crippen LogP contribution >= 0.6 is 0 Å². The molecule has 3 aromatic carbocycles. The van der Waals surface area contributed by atoms with E-state index < -0.39 is 16.1 Å². The van der Waals surface area contributed by atoms with Crippen molar-refractivity contribution in [2.75, 3.05) is 32.6 Å². The number of H-pyrrole nitrogens is 1. The van der Waals surface area contributed by atoms with Gasteiger partial charge in [0.15, 0.2) is 11.5 Å². The van der Waals surface area contributed by atoms with Crippen molar-refractivity contribution in [2.24, 2.45) is 0 Å². The van der Waals surface area contributed by atoms with Crippen LogP contribution in [0.5, 0.6) is 11.5 Å². The number of nitrogens with zero attached hydrogens (tertiary/aromatic N) is 2. The number of methoxy groups -OCH3 is 2. The van der Waals surface area contributed by atoms with Crippen LogP contribution in [0.3, 0.4) is 0 Å². The topological polar surface area (TPSA) is 121 Å². The van der Waals surface area contributed by atoms with Crippen LogP contribution in [0.1, 0.15) is 31.9 Å². The lowest BCUT2D eigenvalue weighted by Crippen LogP contribution is -2.46. The van der Waals surface area contributed by atoms with Crippen molar-refractivity contribution in [1.82, 2.24) is 14.2 Å². The molecule has 10 nitrogen and oxygen atoms in total. The van der Waals surface area contributed by atoms with Gasteiger partial charge >= 0.3 is 0 Å². The highest BCUT2D eigenvalue weighted by molar-refractivity contribution is 7.89. The predicted molar refractivity (Wildman–Crippen MR) is 167 cm³/mol. The Morgan fingerprint density at radius 1 is 0.953 bits per heavy atom. The molecule has 0 fully saturated rings. The average molecular weight is 607 g/mol. The number of anilines is 1. The molecule has 1 aromatic heterocycles. The zero-order valence-corrected chi connectivity index (χ0v) is 25.9. The first-order valence-corrected chi connectivity index (χ1v) is 15.4. The van der Waals surface area contributed by atoms with Crippen molar-refractivity contribution in [3.05, 3.63) is 84.1 Å². The van der Waals surface area contributed by atoms with Gasteiger partial charge in [-0.05, 0) is 73.9 Å². The maximum atomic E-state index is 13.9. The minimum atomic E-state index is -4.02. The van der Waals surface area contributed by atoms with Crippen LogP contribution in [-0.4, -0.2) is 67.8 Å². The van der Waals surface area contributed by atoms with Gasteiger partial charge in [-0.15, -0.1) is 0 Å². The molecule has 0 aliphatic rings. The van der Waals surface area contributed by atoms with E-state index in [9.17, 15) is 18.0 Å². The second-order valence-corrected chi connectivity index (χ2v) is 12.4. The zero-order valence-electron chi connectivity index (χ0n) is 25.1. The summed E-state index contributed by atoms with van der Waals surface area (Å²) in [6.45, 7) is 5.13. The largest absolute Gasteiger partial charge is 0.493 e. The van der Waals surface area contributed by atoms with Crippen molar-refractivity contribution in [3.8, 4) is 11.5 Å². The van der Waals surface area contributed by atoms with Gasteiger partial charge in [-0.1, -0.05) is 24.3 Å². The SMILES string of the molecule is COc1ccc(CN(CCc2c[nH]c3ccccc23)C(=O)CN(C(C)C)S(=O)(=O)c2ccc(NC(C)=O)cc2)cc1OC. The van der Waals surface area contributed by atoms with Gasteiger partial charge in [0.2, 0.25) is 21.8 Å². The quantitative estimate of drug-likeness (QED) is 0.225. The zero-order chi connectivity index (χ0) is 31.1. The fourth-order valence-electron chi connectivity index (χ4n) is 4.91. The highest BCUT2D eigenvalue weighted by atomic mass is 32.2. The number of aromatic nitrogens is 1. The summed E-state index contributed by atoms with van der Waals surface area (Å²) in [5.41, 5.74) is 3.37. The van der Waals surface area contributed by atoms with Crippen LogP contribution < -0.4 is 14.8 Å². The first-order valence-electron chi connectivity index (χ1n) is 14.0. The molecule has 11 heteroatoms. The van der Waals surface area contributed by atoms with Gasteiger partial charge in [0.25, 0.3) is 0 Å². The number of para-hydroxylation sites is 1. The van der Waals surface area contributed by atoms with Gasteiger partial charge < -0.3 is 24.7 Å². The molecule has 1 heterocycles. The third-order valence-electron chi connectivity index (χ3n) is 7.15. The number of fused-ring (bicyclic) bond motifs is 1. The highest BCUT2D eigenvalue weighted by Crippen LogP contribution is 2.29. The summed E-state index contributed by atoms with van der Waals surface area (Å²) in [7, 11) is -0.912. The molecule has 0 spiro atoms. The summed E-state index contributed by atoms with van der Waals surface area (Å²) in [4.78, 5) is 30.3. The molecule has 2 N–H and O–H groups in total. The summed E-state index contributed by atoms with van der Waals surface area (Å²) < 4.78 is 39.4. The van der Waals surface area contributed by atoms with Crippen molar-refractivity contribution < 1.29 is 27.5 Å². The third kappa shape index (κ3) is 7.54. The van der Waals surface area contributed by atoms with Crippen molar-refractivity contribution in [3.63, 3.8) is 0 Å². The predicted octanol–water partition coefficient (Wildman–Crippen LogP) is 4.81. The van der Waals surface area contributed by atoms with Gasteiger partial charge in [0.1, 0.15) is 0 Å². The van der Waals surface area contributed by atoms with E-state index in [1.54, 1.807) is 39.0 Å². The summed E-state index contributed by atoms with van der Waals surface area (Å²) in [5, 5.41) is 3.71. The molecule has 0 unspecified atom stereocenters. The smallest absolute Gasteiger partial charge is 0.243 e. The maximum Gasteiger partial charge on any atom is 0.243 e. The fourth-order valence-corrected chi connectivity index (χ4v) is 6.50. The molecule has 0 saturated carbocycles. The van der Waals surface area contributed by atoms with E-state index in [1.165, 1.54) is 35.5 Å². The van der Waals surface area contributed by atoms with Crippen LogP contribution in [0.2, 0.25) is 0 Å². The number of rotatable bonds is 13. The average Bonchev–Trinajstić information content (AvgIpc) is 3.40. The fraction of sp³-hybridized carbons (Fsp3) is 0.312. The molecule has 0 saturated heterocycles. The van der Waals surface area contributed by atoms with Crippen LogP contribution in [0, 0.1) is 0 Å². The third-order valence-corrected chi connectivity index (χ3v) is 9.18. The summed E-state index contributed by atoms with van der Waals surface area (Å²) >= 11 is 0. The molecular weight excluding hydrogens is 568 g/mol. The standard InChI is InChI=1S/C32H38N4O6S/c1-22(2)36(43(39,40)27-13-11-26(12-14-27)34-23(3)37)21-32(38)35(20-24-10-15-30(41-4)31(18-24)42-5)17-16-25-19-33-29-9-7-6-8-28(25)29/h6-15,18-19,22,33H,16-17,20-21H2,1-5H3,(H,34,37). The number of amides is 2. The number of nitrogens with one attached hydrogen (secondary N) is 2. The van der Waals surface area contributed by atoms with Gasteiger partial charge in [-0.25, -0.2) is 8.42 Å². The Hall–Kier alpha value is -4.35. The molecule has 0 aliphatic carbocycles. The molecule has 0 atom stereocenters. The van der Waals surface area contributed by atoms with Gasteiger partial charge in [-0.3, -0.25) is 9.59 Å². The van der Waals surface area contributed by atoms with E-state index in [0.29, 0.717) is 30.2 Å². The van der Waals surface area contributed by atoms with E-state index >= 15 is 0 Å². The number of sulfonamides is 1. The molecule has 4 rings (SSSR count). The monoisotopic (exact) mass is 606 g/mol. The Balaban J connectivity index is 1.60. The van der Waals surface area contributed by atoms with E-state index in [2.05, 4.69) is 10.3 Å². The molecule has 0 aliphatic heterocycles. The minimum Gasteiger partial charge on any atom is -0.493 e. The molecule has 228 valence electrons. The number of hydrogen-bond acceptors (Lipinski definition) is 6. The highest BCUT2D eigenvalue weighted by Gasteiger charge is 2.31. The molecule has 4 aromatic rings. The Kier molecular flexibility index (Phi) is 10.1. The number of carbonyl (C=O) groups is 2. The normalized spacial score (nSPS) is 11.6. The lowest BCUT2D eigenvalue weighted by Gasteiger charge is -2.29. The molecular formula is C32H38N4O6S. The number of aromatic amines is 1. The number of carbonyl (C=O) groups excluding carboxylic acids is 2. The Bertz CT molecular complexity index is 1680. The van der Waals surface area contributed by atoms with Gasteiger partial charge in [-0.2, -0.15) is 4.31 Å². The molecule has 2 amide bonds. The van der Waals surface area contributed by atoms with E-state index in [1.807, 2.05) is 42.6 Å². The van der Waals surface area contributed by atoms with Crippen molar-refractivity contribution in [1.29, 1.82) is 0 Å². The van der Waals surface area contributed by atoms with E-state index in [-0.39, 0.29) is 29.8 Å². The second-order valence-electron chi connectivity index (χ2n) is 10.5. The van der Waals surface area contributed by atoms with Crippen LogP contribution in [0.25, 0.3) is 10.9 Å². The van der Waals surface area contributed by atoms with Gasteiger partial charge in [0.05, 0.1) is 25.7 Å². The summed E-state index contributed by atoms with van der Waals surface area (Å²) in [6.07, 6.45) is 2.52. The van der Waals surface area contributed by atoms with E-state index in [0.717, 1.165) is 22.0 Å². The Morgan fingerprint density at radius 2 is 1.65 bits per heavy atom. The van der Waals surface area contributed by atoms with Crippen LogP contribution in [0.4, 0.5) is 5.69 Å². The lowest BCUT2D eigenvalue weighted by molar-refractivity contribution is -0.132. The molecule has 0 radical (unpaired) electrons. The first kappa shape index (κ1) is 31.6. The molecule has 0 bridgehead atoms. The minimum absolute atomic E-state index is 0.0355. The number of ether oxygens (including phenoxy) is 2. The van der Waals surface area contributed by atoms with Gasteiger partial charge in [0, 0.05) is 48.8 Å². The lowest BCUT2D eigenvalue weighted by atomic mass is 10.1.